The first-order chi connectivity index (χ1) is 12.1. The van der Waals surface area contributed by atoms with Crippen LogP contribution < -0.4 is 5.32 Å². The lowest BCUT2D eigenvalue weighted by Gasteiger charge is -2.15. The Hall–Kier alpha value is -2.41. The first kappa shape index (κ1) is 20.6. The van der Waals surface area contributed by atoms with E-state index in [-0.39, 0.29) is 6.61 Å². The van der Waals surface area contributed by atoms with Gasteiger partial charge in [-0.05, 0) is 43.2 Å². The molecule has 2 N–H and O–H groups in total. The highest BCUT2D eigenvalue weighted by Crippen LogP contribution is 2.14. The number of aliphatic carboxylic acids is 1. The number of hydrogen-bond donors (Lipinski definition) is 2. The number of carboxylic acid groups (broad SMARTS) is 1. The molecule has 0 aromatic heterocycles. The number of nitrogens with one attached hydrogen (secondary N) is 1. The third kappa shape index (κ3) is 8.30. The zero-order chi connectivity index (χ0) is 18.5. The molecule has 0 bridgehead atoms. The maximum Gasteiger partial charge on any atom is 0.329 e. The fraction of sp³-hybridized carbons (Fsp3) is 0.500. The van der Waals surface area contributed by atoms with E-state index >= 15 is 0 Å². The van der Waals surface area contributed by atoms with E-state index in [1.54, 1.807) is 0 Å². The Balaban J connectivity index is 2.37. The van der Waals surface area contributed by atoms with Crippen LogP contribution in [0.3, 0.4) is 0 Å². The molecular weight excluding hydrogens is 324 g/mol. The number of rotatable bonds is 12. The van der Waals surface area contributed by atoms with E-state index < -0.39 is 12.0 Å². The highest BCUT2D eigenvalue weighted by Gasteiger charge is 2.09. The van der Waals surface area contributed by atoms with E-state index in [0.29, 0.717) is 19.6 Å². The number of unbranched alkanes of at least 4 members (excludes halogenated alkanes) is 1. The Bertz CT molecular complexity index is 562. The zero-order valence-electron chi connectivity index (χ0n) is 14.6. The fourth-order valence-electron chi connectivity index (χ4n) is 2.51. The number of carbonyl (C=O) groups excluding carboxylic acids is 2. The lowest BCUT2D eigenvalue weighted by Crippen LogP contribution is -2.37. The number of amides is 3. The lowest BCUT2D eigenvalue weighted by atomic mass is 9.98. The van der Waals surface area contributed by atoms with Gasteiger partial charge in [0.25, 0.3) is 0 Å². The molecule has 0 atom stereocenters. The second kappa shape index (κ2) is 12.0. The molecule has 0 saturated heterocycles. The van der Waals surface area contributed by atoms with Crippen molar-refractivity contribution in [2.75, 3.05) is 26.8 Å². The molecule has 25 heavy (non-hydrogen) atoms. The monoisotopic (exact) mass is 350 g/mol. The van der Waals surface area contributed by atoms with Crippen LogP contribution in [0.1, 0.15) is 30.4 Å². The molecule has 138 valence electrons. The van der Waals surface area contributed by atoms with Crippen molar-refractivity contribution >= 4 is 18.4 Å². The number of urea groups is 1. The molecule has 0 radical (unpaired) electrons. The number of hydrogen-bond acceptors (Lipinski definition) is 4. The van der Waals surface area contributed by atoms with Gasteiger partial charge >= 0.3 is 12.0 Å². The predicted octanol–water partition coefficient (Wildman–Crippen LogP) is 1.84. The van der Waals surface area contributed by atoms with Crippen LogP contribution in [0.5, 0.6) is 0 Å². The van der Waals surface area contributed by atoms with Crippen LogP contribution >= 0.6 is 0 Å². The van der Waals surface area contributed by atoms with E-state index in [1.165, 1.54) is 18.2 Å². The summed E-state index contributed by atoms with van der Waals surface area (Å²) < 4.78 is 5.05. The number of benzene rings is 1. The first-order valence-corrected chi connectivity index (χ1v) is 8.38. The zero-order valence-corrected chi connectivity index (χ0v) is 14.6. The summed E-state index contributed by atoms with van der Waals surface area (Å²) in [5.74, 6) is -0.957. The number of imide groups is 1. The number of carbonyl (C=O) groups is 3. The summed E-state index contributed by atoms with van der Waals surface area (Å²) in [7, 11) is 1.50. The van der Waals surface area contributed by atoms with Gasteiger partial charge in [0.2, 0.25) is 6.41 Å². The minimum Gasteiger partial charge on any atom is -0.480 e. The van der Waals surface area contributed by atoms with E-state index in [1.807, 2.05) is 12.1 Å². The average molecular weight is 350 g/mol. The first-order valence-electron chi connectivity index (χ1n) is 8.38. The molecule has 1 aromatic rings. The van der Waals surface area contributed by atoms with Gasteiger partial charge in [0.05, 0.1) is 0 Å². The summed E-state index contributed by atoms with van der Waals surface area (Å²) in [6.45, 7) is 0.551. The van der Waals surface area contributed by atoms with Gasteiger partial charge < -0.3 is 15.2 Å². The lowest BCUT2D eigenvalue weighted by molar-refractivity contribution is -0.142. The van der Waals surface area contributed by atoms with Gasteiger partial charge in [-0.15, -0.1) is 0 Å². The molecule has 0 unspecified atom stereocenters. The number of ether oxygens (including phenoxy) is 1. The molecule has 0 spiro atoms. The fourth-order valence-corrected chi connectivity index (χ4v) is 2.51. The second-order valence-corrected chi connectivity index (χ2v) is 5.63. The van der Waals surface area contributed by atoms with Crippen LogP contribution in [0.4, 0.5) is 4.79 Å². The van der Waals surface area contributed by atoms with Gasteiger partial charge in [-0.1, -0.05) is 24.3 Å². The molecule has 7 nitrogen and oxygen atoms in total. The number of carboxylic acids is 1. The van der Waals surface area contributed by atoms with Crippen molar-refractivity contribution in [1.82, 2.24) is 10.2 Å². The van der Waals surface area contributed by atoms with Crippen molar-refractivity contribution in [3.8, 4) is 0 Å². The molecule has 1 rings (SSSR count). The average Bonchev–Trinajstić information content (AvgIpc) is 2.61. The minimum absolute atomic E-state index is 0.264. The third-order valence-electron chi connectivity index (χ3n) is 3.78. The van der Waals surface area contributed by atoms with E-state index in [0.717, 1.165) is 37.0 Å². The molecule has 0 aliphatic heterocycles. The van der Waals surface area contributed by atoms with Crippen molar-refractivity contribution in [2.45, 2.75) is 32.1 Å². The smallest absolute Gasteiger partial charge is 0.329 e. The molecule has 7 heteroatoms. The maximum absolute atomic E-state index is 11.4. The summed E-state index contributed by atoms with van der Waals surface area (Å²) >= 11 is 0. The Morgan fingerprint density at radius 3 is 2.36 bits per heavy atom. The summed E-state index contributed by atoms with van der Waals surface area (Å²) in [5.41, 5.74) is 2.46. The largest absolute Gasteiger partial charge is 0.480 e. The van der Waals surface area contributed by atoms with E-state index in [9.17, 15) is 14.4 Å². The summed E-state index contributed by atoms with van der Waals surface area (Å²) in [4.78, 5) is 33.8. The van der Waals surface area contributed by atoms with Gasteiger partial charge in [-0.3, -0.25) is 9.69 Å². The molecule has 0 fully saturated rings. The van der Waals surface area contributed by atoms with Crippen LogP contribution in [-0.2, 0) is 27.2 Å². The van der Waals surface area contributed by atoms with Crippen LogP contribution in [0.25, 0.3) is 0 Å². The van der Waals surface area contributed by atoms with Crippen LogP contribution in [0, 0.1) is 0 Å². The molecule has 0 aliphatic carbocycles. The van der Waals surface area contributed by atoms with Crippen molar-refractivity contribution in [2.24, 2.45) is 0 Å². The Morgan fingerprint density at radius 2 is 1.80 bits per heavy atom. The van der Waals surface area contributed by atoms with Crippen molar-refractivity contribution in [3.05, 3.63) is 35.4 Å². The Morgan fingerprint density at radius 1 is 1.16 bits per heavy atom. The van der Waals surface area contributed by atoms with Crippen LogP contribution in [0.15, 0.2) is 24.3 Å². The standard InChI is InChI=1S/C18H26N2O5/c1-19-18(24)20(14-21)11-5-4-9-15-7-2-3-8-16(15)10-6-12-25-13-17(22)23/h2-3,7-8,14H,4-6,9-13H2,1H3,(H,19,24)(H,22,23). The Labute approximate surface area is 148 Å². The Kier molecular flexibility index (Phi) is 9.92. The summed E-state index contributed by atoms with van der Waals surface area (Å²) in [5, 5.41) is 11.0. The quantitative estimate of drug-likeness (QED) is 0.443. The summed E-state index contributed by atoms with van der Waals surface area (Å²) in [6.07, 6.45) is 4.61. The maximum atomic E-state index is 11.4. The van der Waals surface area contributed by atoms with Gasteiger partial charge in [0.1, 0.15) is 6.61 Å². The third-order valence-corrected chi connectivity index (χ3v) is 3.78. The molecule has 1 aromatic carbocycles. The molecular formula is C18H26N2O5. The number of nitrogens with zero attached hydrogens (tertiary/aromatic N) is 1. The highest BCUT2D eigenvalue weighted by molar-refractivity contribution is 5.84. The van der Waals surface area contributed by atoms with Crippen LogP contribution in [-0.4, -0.2) is 55.2 Å². The molecule has 0 heterocycles. The predicted molar refractivity (Wildman–Crippen MR) is 93.4 cm³/mol. The van der Waals surface area contributed by atoms with E-state index in [4.69, 9.17) is 9.84 Å². The normalized spacial score (nSPS) is 10.3. The molecule has 0 saturated carbocycles. The molecule has 0 aliphatic rings. The van der Waals surface area contributed by atoms with Gasteiger partial charge in [0, 0.05) is 20.2 Å². The van der Waals surface area contributed by atoms with Gasteiger partial charge in [-0.2, -0.15) is 0 Å². The van der Waals surface area contributed by atoms with Crippen LogP contribution in [0.2, 0.25) is 0 Å². The van der Waals surface area contributed by atoms with Gasteiger partial charge in [-0.25, -0.2) is 9.59 Å². The second-order valence-electron chi connectivity index (χ2n) is 5.63. The highest BCUT2D eigenvalue weighted by atomic mass is 16.5. The van der Waals surface area contributed by atoms with Crippen molar-refractivity contribution in [3.63, 3.8) is 0 Å². The van der Waals surface area contributed by atoms with E-state index in [2.05, 4.69) is 17.4 Å². The van der Waals surface area contributed by atoms with Crippen molar-refractivity contribution in [1.29, 1.82) is 0 Å². The topological polar surface area (TPSA) is 95.9 Å². The minimum atomic E-state index is -0.957. The van der Waals surface area contributed by atoms with Crippen molar-refractivity contribution < 1.29 is 24.2 Å². The van der Waals surface area contributed by atoms with Gasteiger partial charge in [0.15, 0.2) is 0 Å². The summed E-state index contributed by atoms with van der Waals surface area (Å²) in [6, 6.07) is 7.72. The SMILES string of the molecule is CNC(=O)N(C=O)CCCCc1ccccc1CCCOCC(=O)O. The number of aryl methyl sites for hydroxylation is 2. The molecule has 3 amide bonds.